The average molecular weight is 206 g/mol. The van der Waals surface area contributed by atoms with Gasteiger partial charge in [0, 0.05) is 31.0 Å². The molecule has 0 amide bonds. The van der Waals surface area contributed by atoms with Crippen LogP contribution in [0.3, 0.4) is 0 Å². The minimum atomic E-state index is 0.702. The van der Waals surface area contributed by atoms with Gasteiger partial charge in [0.05, 0.1) is 6.33 Å². The van der Waals surface area contributed by atoms with Gasteiger partial charge < -0.3 is 10.3 Å². The van der Waals surface area contributed by atoms with E-state index < -0.39 is 0 Å². The number of fused-ring (bicyclic) bond motifs is 1. The van der Waals surface area contributed by atoms with Crippen LogP contribution in [-0.4, -0.2) is 40.5 Å². The number of imidazole rings is 1. The number of rotatable bonds is 2. The van der Waals surface area contributed by atoms with Crippen molar-refractivity contribution in [1.29, 1.82) is 0 Å². The molecule has 2 N–H and O–H groups in total. The summed E-state index contributed by atoms with van der Waals surface area (Å²) >= 11 is 0. The van der Waals surface area contributed by atoms with Gasteiger partial charge in [0.1, 0.15) is 0 Å². The molecule has 2 fully saturated rings. The zero-order valence-electron chi connectivity index (χ0n) is 9.11. The summed E-state index contributed by atoms with van der Waals surface area (Å²) in [5.41, 5.74) is 1.23. The maximum atomic E-state index is 4.07. The highest BCUT2D eigenvalue weighted by Gasteiger charge is 2.41. The molecule has 0 radical (unpaired) electrons. The zero-order chi connectivity index (χ0) is 10.3. The quantitative estimate of drug-likeness (QED) is 0.738. The van der Waals surface area contributed by atoms with Gasteiger partial charge in [0.15, 0.2) is 0 Å². The van der Waals surface area contributed by atoms with Gasteiger partial charge in [-0.3, -0.25) is 4.90 Å². The number of hydrogen-bond donors (Lipinski definition) is 2. The van der Waals surface area contributed by atoms with Crippen LogP contribution >= 0.6 is 0 Å². The smallest absolute Gasteiger partial charge is 0.0922 e. The molecule has 0 aliphatic carbocycles. The number of nitrogens with one attached hydrogen (secondary N) is 2. The van der Waals surface area contributed by atoms with Gasteiger partial charge in [0.2, 0.25) is 0 Å². The van der Waals surface area contributed by atoms with E-state index in [1.54, 1.807) is 6.33 Å². The third-order valence-electron chi connectivity index (χ3n) is 3.98. The summed E-state index contributed by atoms with van der Waals surface area (Å²) in [4.78, 5) is 9.82. The first-order valence-electron chi connectivity index (χ1n) is 5.76. The van der Waals surface area contributed by atoms with Crippen molar-refractivity contribution < 1.29 is 0 Å². The Kier molecular flexibility index (Phi) is 2.25. The molecule has 82 valence electrons. The second-order valence-corrected chi connectivity index (χ2v) is 4.83. The standard InChI is InChI=1S/C11H18N4/c1-8-11-4-12-2-9(11)5-15(8)6-10-3-13-7-14-10/h3,7-9,11-12H,2,4-6H2,1H3,(H,13,14). The molecule has 2 aliphatic rings. The van der Waals surface area contributed by atoms with Crippen LogP contribution in [0.2, 0.25) is 0 Å². The number of nitrogens with zero attached hydrogens (tertiary/aromatic N) is 2. The first-order chi connectivity index (χ1) is 7.34. The van der Waals surface area contributed by atoms with Gasteiger partial charge in [-0.1, -0.05) is 0 Å². The van der Waals surface area contributed by atoms with Gasteiger partial charge >= 0.3 is 0 Å². The minimum Gasteiger partial charge on any atom is -0.347 e. The van der Waals surface area contributed by atoms with Crippen molar-refractivity contribution in [3.05, 3.63) is 18.2 Å². The molecule has 0 spiro atoms. The Morgan fingerprint density at radius 1 is 1.53 bits per heavy atom. The minimum absolute atomic E-state index is 0.702. The second kappa shape index (κ2) is 3.61. The van der Waals surface area contributed by atoms with Crippen molar-refractivity contribution in [3.63, 3.8) is 0 Å². The maximum absolute atomic E-state index is 4.07. The Labute approximate surface area is 90.1 Å². The van der Waals surface area contributed by atoms with Crippen LogP contribution in [-0.2, 0) is 6.54 Å². The van der Waals surface area contributed by atoms with E-state index >= 15 is 0 Å². The van der Waals surface area contributed by atoms with Crippen molar-refractivity contribution in [1.82, 2.24) is 20.2 Å². The summed E-state index contributed by atoms with van der Waals surface area (Å²) < 4.78 is 0. The highest BCUT2D eigenvalue weighted by atomic mass is 15.2. The summed E-state index contributed by atoms with van der Waals surface area (Å²) in [7, 11) is 0. The Balaban J connectivity index is 1.68. The molecule has 3 heterocycles. The van der Waals surface area contributed by atoms with E-state index in [1.807, 2.05) is 6.20 Å². The Bertz CT molecular complexity index is 321. The first-order valence-corrected chi connectivity index (χ1v) is 5.76. The topological polar surface area (TPSA) is 44.0 Å². The molecule has 3 unspecified atom stereocenters. The lowest BCUT2D eigenvalue weighted by Crippen LogP contribution is -2.32. The van der Waals surface area contributed by atoms with Gasteiger partial charge in [0.25, 0.3) is 0 Å². The fourth-order valence-corrected chi connectivity index (χ4v) is 3.05. The molecular weight excluding hydrogens is 188 g/mol. The van der Waals surface area contributed by atoms with Crippen molar-refractivity contribution >= 4 is 0 Å². The molecule has 2 aliphatic heterocycles. The molecule has 1 aromatic heterocycles. The van der Waals surface area contributed by atoms with E-state index in [0.717, 1.165) is 18.4 Å². The second-order valence-electron chi connectivity index (χ2n) is 4.83. The number of aromatic amines is 1. The summed E-state index contributed by atoms with van der Waals surface area (Å²) in [5.74, 6) is 1.72. The largest absolute Gasteiger partial charge is 0.347 e. The molecule has 2 saturated heterocycles. The van der Waals surface area contributed by atoms with Crippen molar-refractivity contribution in [2.24, 2.45) is 11.8 Å². The fraction of sp³-hybridized carbons (Fsp3) is 0.727. The maximum Gasteiger partial charge on any atom is 0.0922 e. The van der Waals surface area contributed by atoms with Crippen LogP contribution in [0.4, 0.5) is 0 Å². The number of H-pyrrole nitrogens is 1. The van der Waals surface area contributed by atoms with Gasteiger partial charge in [-0.25, -0.2) is 4.98 Å². The lowest BCUT2D eigenvalue weighted by Gasteiger charge is -2.23. The van der Waals surface area contributed by atoms with Crippen LogP contribution in [0, 0.1) is 11.8 Å². The Hall–Kier alpha value is -0.870. The molecule has 4 nitrogen and oxygen atoms in total. The summed E-state index contributed by atoms with van der Waals surface area (Å²) in [6.45, 7) is 7.01. The molecule has 0 saturated carbocycles. The zero-order valence-corrected chi connectivity index (χ0v) is 9.11. The number of hydrogen-bond acceptors (Lipinski definition) is 3. The van der Waals surface area contributed by atoms with Crippen LogP contribution in [0.1, 0.15) is 12.6 Å². The average Bonchev–Trinajstić information content (AvgIpc) is 2.89. The lowest BCUT2D eigenvalue weighted by molar-refractivity contribution is 0.229. The number of aromatic nitrogens is 2. The van der Waals surface area contributed by atoms with Gasteiger partial charge in [-0.15, -0.1) is 0 Å². The normalized spacial score (nSPS) is 35.9. The third kappa shape index (κ3) is 1.58. The van der Waals surface area contributed by atoms with E-state index in [2.05, 4.69) is 27.1 Å². The summed E-state index contributed by atoms with van der Waals surface area (Å²) in [5, 5.41) is 3.49. The van der Waals surface area contributed by atoms with Crippen LogP contribution < -0.4 is 5.32 Å². The lowest BCUT2D eigenvalue weighted by atomic mass is 9.95. The van der Waals surface area contributed by atoms with Gasteiger partial charge in [-0.2, -0.15) is 0 Å². The van der Waals surface area contributed by atoms with Crippen molar-refractivity contribution in [2.75, 3.05) is 19.6 Å². The summed E-state index contributed by atoms with van der Waals surface area (Å²) in [6.07, 6.45) is 3.69. The third-order valence-corrected chi connectivity index (χ3v) is 3.98. The van der Waals surface area contributed by atoms with Gasteiger partial charge in [-0.05, 0) is 31.8 Å². The van der Waals surface area contributed by atoms with Crippen LogP contribution in [0.15, 0.2) is 12.5 Å². The highest BCUT2D eigenvalue weighted by molar-refractivity contribution is 5.01. The molecule has 4 heteroatoms. The summed E-state index contributed by atoms with van der Waals surface area (Å²) in [6, 6.07) is 0.702. The molecule has 3 rings (SSSR count). The van der Waals surface area contributed by atoms with E-state index in [0.29, 0.717) is 6.04 Å². The van der Waals surface area contributed by atoms with Crippen LogP contribution in [0.25, 0.3) is 0 Å². The molecule has 15 heavy (non-hydrogen) atoms. The monoisotopic (exact) mass is 206 g/mol. The van der Waals surface area contributed by atoms with E-state index in [9.17, 15) is 0 Å². The van der Waals surface area contributed by atoms with E-state index in [1.165, 1.54) is 25.3 Å². The highest BCUT2D eigenvalue weighted by Crippen LogP contribution is 2.32. The Morgan fingerprint density at radius 3 is 3.20 bits per heavy atom. The molecule has 0 bridgehead atoms. The molecule has 3 atom stereocenters. The predicted octanol–water partition coefficient (Wildman–Crippen LogP) is 0.449. The first kappa shape index (κ1) is 9.36. The van der Waals surface area contributed by atoms with Crippen molar-refractivity contribution in [3.8, 4) is 0 Å². The SMILES string of the molecule is CC1C2CNCC2CN1Cc1cnc[nH]1. The van der Waals surface area contributed by atoms with Crippen molar-refractivity contribution in [2.45, 2.75) is 19.5 Å². The van der Waals surface area contributed by atoms with E-state index in [4.69, 9.17) is 0 Å². The molecule has 1 aromatic rings. The van der Waals surface area contributed by atoms with E-state index in [-0.39, 0.29) is 0 Å². The van der Waals surface area contributed by atoms with Crippen LogP contribution in [0.5, 0.6) is 0 Å². The fourth-order valence-electron chi connectivity index (χ4n) is 3.05. The molecular formula is C11H18N4. The predicted molar refractivity (Wildman–Crippen MR) is 58.3 cm³/mol. The Morgan fingerprint density at radius 2 is 2.47 bits per heavy atom. The molecule has 0 aromatic carbocycles. The number of likely N-dealkylation sites (tertiary alicyclic amines) is 1.